The number of nitrogens with one attached hydrogen (secondary N) is 1. The van der Waals surface area contributed by atoms with E-state index in [2.05, 4.69) is 22.9 Å². The van der Waals surface area contributed by atoms with Gasteiger partial charge in [0.2, 0.25) is 0 Å². The molecule has 0 spiro atoms. The third-order valence-electron chi connectivity index (χ3n) is 5.36. The van der Waals surface area contributed by atoms with E-state index in [-0.39, 0.29) is 0 Å². The molecule has 0 aromatic carbocycles. The minimum absolute atomic E-state index is 0.474. The molecular weight excluding hydrogens is 252 g/mol. The SMILES string of the molecule is NNC(Cc1cccs1)C1CCC2CCCCC2C1. The average molecular weight is 278 g/mol. The molecule has 4 unspecified atom stereocenters. The van der Waals surface area contributed by atoms with E-state index < -0.39 is 0 Å². The zero-order valence-corrected chi connectivity index (χ0v) is 12.5. The molecule has 0 aliphatic heterocycles. The van der Waals surface area contributed by atoms with Gasteiger partial charge in [-0.1, -0.05) is 31.7 Å². The second-order valence-corrected chi connectivity index (χ2v) is 7.47. The molecule has 0 amide bonds. The number of nitrogens with two attached hydrogens (primary N) is 1. The van der Waals surface area contributed by atoms with Gasteiger partial charge in [0, 0.05) is 10.9 Å². The van der Waals surface area contributed by atoms with E-state index in [4.69, 9.17) is 5.84 Å². The molecule has 3 N–H and O–H groups in total. The first-order valence-electron chi connectivity index (χ1n) is 7.85. The summed E-state index contributed by atoms with van der Waals surface area (Å²) in [5, 5.41) is 2.17. The van der Waals surface area contributed by atoms with Crippen molar-refractivity contribution in [2.24, 2.45) is 23.6 Å². The van der Waals surface area contributed by atoms with Crippen LogP contribution in [0.3, 0.4) is 0 Å². The number of hydrogen-bond acceptors (Lipinski definition) is 3. The monoisotopic (exact) mass is 278 g/mol. The number of rotatable bonds is 4. The van der Waals surface area contributed by atoms with E-state index in [1.165, 1.54) is 49.8 Å². The average Bonchev–Trinajstić information content (AvgIpc) is 2.97. The highest BCUT2D eigenvalue weighted by atomic mass is 32.1. The highest BCUT2D eigenvalue weighted by molar-refractivity contribution is 7.09. The van der Waals surface area contributed by atoms with Crippen LogP contribution in [0, 0.1) is 17.8 Å². The van der Waals surface area contributed by atoms with Crippen molar-refractivity contribution >= 4 is 11.3 Å². The van der Waals surface area contributed by atoms with Gasteiger partial charge < -0.3 is 0 Å². The second kappa shape index (κ2) is 6.38. The molecule has 0 saturated heterocycles. The summed E-state index contributed by atoms with van der Waals surface area (Å²) in [4.78, 5) is 1.47. The van der Waals surface area contributed by atoms with Gasteiger partial charge in [0.15, 0.2) is 0 Å². The van der Waals surface area contributed by atoms with Gasteiger partial charge >= 0.3 is 0 Å². The predicted octanol–water partition coefficient (Wildman–Crippen LogP) is 3.73. The topological polar surface area (TPSA) is 38.0 Å². The first kappa shape index (κ1) is 13.6. The summed E-state index contributed by atoms with van der Waals surface area (Å²) in [7, 11) is 0. The third-order valence-corrected chi connectivity index (χ3v) is 6.26. The molecule has 3 heteroatoms. The zero-order valence-electron chi connectivity index (χ0n) is 11.7. The molecule has 3 rings (SSSR count). The van der Waals surface area contributed by atoms with Crippen molar-refractivity contribution in [3.63, 3.8) is 0 Å². The molecule has 0 radical (unpaired) electrons. The fraction of sp³-hybridized carbons (Fsp3) is 0.750. The molecule has 1 aromatic rings. The van der Waals surface area contributed by atoms with Crippen molar-refractivity contribution in [1.82, 2.24) is 5.43 Å². The largest absolute Gasteiger partial charge is 0.271 e. The molecule has 1 heterocycles. The molecule has 2 aliphatic carbocycles. The highest BCUT2D eigenvalue weighted by Gasteiger charge is 2.35. The van der Waals surface area contributed by atoms with Crippen LogP contribution in [-0.4, -0.2) is 6.04 Å². The van der Waals surface area contributed by atoms with Crippen molar-refractivity contribution in [1.29, 1.82) is 0 Å². The van der Waals surface area contributed by atoms with Crippen molar-refractivity contribution < 1.29 is 0 Å². The first-order valence-corrected chi connectivity index (χ1v) is 8.73. The first-order chi connectivity index (χ1) is 9.36. The summed E-state index contributed by atoms with van der Waals surface area (Å²) in [5.41, 5.74) is 3.11. The van der Waals surface area contributed by atoms with E-state index in [1.54, 1.807) is 0 Å². The lowest BCUT2D eigenvalue weighted by molar-refractivity contribution is 0.109. The molecule has 2 aliphatic rings. The van der Waals surface area contributed by atoms with Crippen LogP contribution in [0.15, 0.2) is 17.5 Å². The van der Waals surface area contributed by atoms with E-state index in [9.17, 15) is 0 Å². The summed E-state index contributed by atoms with van der Waals surface area (Å²) in [6.45, 7) is 0. The van der Waals surface area contributed by atoms with Crippen molar-refractivity contribution in [3.8, 4) is 0 Å². The van der Waals surface area contributed by atoms with Gasteiger partial charge in [0.05, 0.1) is 0 Å². The van der Waals surface area contributed by atoms with Gasteiger partial charge in [-0.05, 0) is 54.9 Å². The van der Waals surface area contributed by atoms with Crippen molar-refractivity contribution in [2.75, 3.05) is 0 Å². The predicted molar refractivity (Wildman–Crippen MR) is 81.9 cm³/mol. The zero-order chi connectivity index (χ0) is 13.1. The molecular formula is C16H26N2S. The van der Waals surface area contributed by atoms with E-state index in [0.29, 0.717) is 6.04 Å². The second-order valence-electron chi connectivity index (χ2n) is 6.43. The summed E-state index contributed by atoms with van der Waals surface area (Å²) in [6, 6.07) is 4.86. The Hall–Kier alpha value is -0.380. The Balaban J connectivity index is 1.60. The van der Waals surface area contributed by atoms with Crippen molar-refractivity contribution in [2.45, 2.75) is 57.4 Å². The molecule has 106 valence electrons. The maximum absolute atomic E-state index is 5.84. The maximum atomic E-state index is 5.84. The Bertz CT molecular complexity index is 376. The van der Waals surface area contributed by atoms with Crippen LogP contribution in [0.25, 0.3) is 0 Å². The van der Waals surface area contributed by atoms with Gasteiger partial charge in [-0.15, -0.1) is 11.3 Å². The van der Waals surface area contributed by atoms with E-state index in [1.807, 2.05) is 11.3 Å². The van der Waals surface area contributed by atoms with Gasteiger partial charge in [0.1, 0.15) is 0 Å². The lowest BCUT2D eigenvalue weighted by atomic mass is 9.66. The Morgan fingerprint density at radius 3 is 2.79 bits per heavy atom. The van der Waals surface area contributed by atoms with E-state index in [0.717, 1.165) is 24.2 Å². The van der Waals surface area contributed by atoms with Crippen LogP contribution in [0.1, 0.15) is 49.8 Å². The summed E-state index contributed by atoms with van der Waals surface area (Å²) < 4.78 is 0. The Morgan fingerprint density at radius 1 is 1.21 bits per heavy atom. The number of fused-ring (bicyclic) bond motifs is 1. The van der Waals surface area contributed by atoms with Crippen molar-refractivity contribution in [3.05, 3.63) is 22.4 Å². The van der Waals surface area contributed by atoms with Crippen LogP contribution in [-0.2, 0) is 6.42 Å². The van der Waals surface area contributed by atoms with Crippen LogP contribution in [0.2, 0.25) is 0 Å². The molecule has 4 atom stereocenters. The Labute approximate surface area is 120 Å². The van der Waals surface area contributed by atoms with Gasteiger partial charge in [0.25, 0.3) is 0 Å². The standard InChI is InChI=1S/C16H26N2S/c17-18-16(11-15-6-3-9-19-15)14-8-7-12-4-1-2-5-13(12)10-14/h3,6,9,12-14,16,18H,1-2,4-5,7-8,10-11,17H2. The quantitative estimate of drug-likeness (QED) is 0.650. The summed E-state index contributed by atoms with van der Waals surface area (Å²) in [5.74, 6) is 8.65. The van der Waals surface area contributed by atoms with Gasteiger partial charge in [-0.25, -0.2) is 0 Å². The molecule has 19 heavy (non-hydrogen) atoms. The fourth-order valence-corrected chi connectivity index (χ4v) is 5.05. The molecule has 2 fully saturated rings. The highest BCUT2D eigenvalue weighted by Crippen LogP contribution is 2.43. The fourth-order valence-electron chi connectivity index (χ4n) is 4.28. The van der Waals surface area contributed by atoms with Crippen LogP contribution in [0.4, 0.5) is 0 Å². The number of hydrogen-bond donors (Lipinski definition) is 2. The van der Waals surface area contributed by atoms with Gasteiger partial charge in [-0.2, -0.15) is 0 Å². The molecule has 2 nitrogen and oxygen atoms in total. The Kier molecular flexibility index (Phi) is 4.57. The Morgan fingerprint density at radius 2 is 2.05 bits per heavy atom. The minimum atomic E-state index is 0.474. The van der Waals surface area contributed by atoms with Crippen LogP contribution >= 0.6 is 11.3 Å². The van der Waals surface area contributed by atoms with Gasteiger partial charge in [-0.3, -0.25) is 11.3 Å². The molecule has 0 bridgehead atoms. The van der Waals surface area contributed by atoms with Crippen LogP contribution < -0.4 is 11.3 Å². The minimum Gasteiger partial charge on any atom is -0.271 e. The lowest BCUT2D eigenvalue weighted by Gasteiger charge is -2.41. The van der Waals surface area contributed by atoms with E-state index >= 15 is 0 Å². The molecule has 1 aromatic heterocycles. The third kappa shape index (κ3) is 3.21. The summed E-state index contributed by atoms with van der Waals surface area (Å²) in [6.07, 6.45) is 11.2. The number of hydrazine groups is 1. The van der Waals surface area contributed by atoms with Crippen LogP contribution in [0.5, 0.6) is 0 Å². The maximum Gasteiger partial charge on any atom is 0.0287 e. The smallest absolute Gasteiger partial charge is 0.0287 e. The number of thiophene rings is 1. The molecule has 2 saturated carbocycles. The summed E-state index contributed by atoms with van der Waals surface area (Å²) >= 11 is 1.86. The normalized spacial score (nSPS) is 32.8. The lowest BCUT2D eigenvalue weighted by Crippen LogP contribution is -2.45.